The Morgan fingerprint density at radius 1 is 1.11 bits per heavy atom. The second kappa shape index (κ2) is 13.3. The van der Waals surface area contributed by atoms with Crippen LogP contribution < -0.4 is 4.74 Å². The molecule has 0 radical (unpaired) electrons. The van der Waals surface area contributed by atoms with E-state index in [1.807, 2.05) is 38.1 Å². The van der Waals surface area contributed by atoms with Crippen molar-refractivity contribution in [2.45, 2.75) is 45.6 Å². The maximum atomic E-state index is 15.2. The molecule has 1 unspecified atom stereocenters. The molecule has 7 nitrogen and oxygen atoms in total. The van der Waals surface area contributed by atoms with Gasteiger partial charge in [-0.05, 0) is 87.6 Å². The van der Waals surface area contributed by atoms with Gasteiger partial charge in [-0.3, -0.25) is 9.48 Å². The quantitative estimate of drug-likeness (QED) is 0.131. The Hall–Kier alpha value is -4.02. The molecule has 1 atom stereocenters. The highest BCUT2D eigenvalue weighted by molar-refractivity contribution is 9.10. The van der Waals surface area contributed by atoms with Crippen LogP contribution in [-0.2, 0) is 16.0 Å². The zero-order chi connectivity index (χ0) is 31.4. The normalized spacial score (nSPS) is 12.4. The highest BCUT2D eigenvalue weighted by Crippen LogP contribution is 2.37. The molecule has 0 bridgehead atoms. The smallest absolute Gasteiger partial charge is 0.311 e. The number of aliphatic hydroxyl groups is 1. The number of hydrogen-bond acceptors (Lipinski definition) is 5. The molecule has 0 saturated heterocycles. The van der Waals surface area contributed by atoms with E-state index in [0.29, 0.717) is 29.6 Å². The van der Waals surface area contributed by atoms with Crippen molar-refractivity contribution >= 4 is 32.8 Å². The lowest BCUT2D eigenvalue weighted by molar-refractivity contribution is -0.151. The summed E-state index contributed by atoms with van der Waals surface area (Å²) in [6.07, 6.45) is 5.71. The van der Waals surface area contributed by atoms with E-state index in [1.54, 1.807) is 29.2 Å². The molecule has 0 aliphatic heterocycles. The molecule has 0 fully saturated rings. The second-order valence-corrected chi connectivity index (χ2v) is 12.3. The molecule has 0 aliphatic carbocycles. The molecule has 44 heavy (non-hydrogen) atoms. The third kappa shape index (κ3) is 6.71. The van der Waals surface area contributed by atoms with Crippen molar-refractivity contribution in [1.82, 2.24) is 14.8 Å². The van der Waals surface area contributed by atoms with Crippen molar-refractivity contribution in [1.29, 1.82) is 0 Å². The first-order valence-corrected chi connectivity index (χ1v) is 15.2. The summed E-state index contributed by atoms with van der Waals surface area (Å²) < 4.78 is 44.0. The van der Waals surface area contributed by atoms with Gasteiger partial charge in [0.25, 0.3) is 0 Å². The minimum Gasteiger partial charge on any atom is -0.469 e. The number of nitrogens with zero attached hydrogens (tertiary/aromatic N) is 2. The Morgan fingerprint density at radius 3 is 2.68 bits per heavy atom. The van der Waals surface area contributed by atoms with Gasteiger partial charge in [-0.25, -0.2) is 8.78 Å². The van der Waals surface area contributed by atoms with Gasteiger partial charge in [0.15, 0.2) is 11.6 Å². The monoisotopic (exact) mass is 665 g/mol. The number of H-pyrrole nitrogens is 1. The van der Waals surface area contributed by atoms with Crippen molar-refractivity contribution in [2.24, 2.45) is 5.41 Å². The third-order valence-corrected chi connectivity index (χ3v) is 8.33. The van der Waals surface area contributed by atoms with Gasteiger partial charge >= 0.3 is 5.97 Å². The second-order valence-electron chi connectivity index (χ2n) is 11.3. The molecular formula is C34H34BrF2N3O4. The number of carbonyl (C=O) groups excluding carboxylic acids is 1. The van der Waals surface area contributed by atoms with E-state index in [-0.39, 0.29) is 42.1 Å². The number of nitrogens with one attached hydrogen (secondary N) is 1. The van der Waals surface area contributed by atoms with E-state index in [2.05, 4.69) is 20.9 Å². The standard InChI is InChI=1S/C34H34BrF2N3O4/c1-34(2,33(42)43-3)14-5-8-31(21-6-4-7-22(35)18-21)40-16-12-29(39-40)26-19-23(9-10-27(26)36)44-32-25(13-17-41)24-11-15-38-30(24)20-28(32)37/h4,6-7,9-12,15-16,18-20,31,38,41H,5,8,13-14,17H2,1-3H3. The molecule has 230 valence electrons. The molecule has 3 aromatic carbocycles. The Bertz CT molecular complexity index is 1780. The SMILES string of the molecule is COC(=O)C(C)(C)CCCC(c1cccc(Br)c1)n1ccc(-c2cc(Oc3c(F)cc4[nH]ccc4c3CCO)ccc2F)n1. The van der Waals surface area contributed by atoms with Crippen LogP contribution >= 0.6 is 15.9 Å². The van der Waals surface area contributed by atoms with Crippen LogP contribution in [0.15, 0.2) is 77.5 Å². The van der Waals surface area contributed by atoms with E-state index in [4.69, 9.17) is 14.6 Å². The number of methoxy groups -OCH3 is 1. The van der Waals surface area contributed by atoms with E-state index in [1.165, 1.54) is 31.4 Å². The lowest BCUT2D eigenvalue weighted by Gasteiger charge is -2.24. The zero-order valence-electron chi connectivity index (χ0n) is 24.7. The van der Waals surface area contributed by atoms with Gasteiger partial charge in [-0.1, -0.05) is 28.1 Å². The van der Waals surface area contributed by atoms with Gasteiger partial charge in [0, 0.05) is 51.6 Å². The topological polar surface area (TPSA) is 89.4 Å². The number of ether oxygens (including phenoxy) is 2. The lowest BCUT2D eigenvalue weighted by atomic mass is 9.86. The van der Waals surface area contributed by atoms with Gasteiger partial charge < -0.3 is 19.6 Å². The zero-order valence-corrected chi connectivity index (χ0v) is 26.3. The fourth-order valence-electron chi connectivity index (χ4n) is 5.51. The molecule has 0 saturated carbocycles. The number of aromatic amines is 1. The number of halogens is 3. The maximum absolute atomic E-state index is 15.2. The fraction of sp³-hybridized carbons (Fsp3) is 0.294. The minimum absolute atomic E-state index is 0.0150. The summed E-state index contributed by atoms with van der Waals surface area (Å²) in [5.74, 6) is -1.13. The lowest BCUT2D eigenvalue weighted by Crippen LogP contribution is -2.25. The summed E-state index contributed by atoms with van der Waals surface area (Å²) in [5, 5.41) is 15.1. The highest BCUT2D eigenvalue weighted by atomic mass is 79.9. The van der Waals surface area contributed by atoms with Crippen molar-refractivity contribution < 1.29 is 28.2 Å². The van der Waals surface area contributed by atoms with Gasteiger partial charge in [-0.2, -0.15) is 5.10 Å². The largest absolute Gasteiger partial charge is 0.469 e. The molecule has 5 aromatic rings. The Kier molecular flexibility index (Phi) is 9.51. The molecule has 0 amide bonds. The van der Waals surface area contributed by atoms with Crippen molar-refractivity contribution in [3.8, 4) is 22.8 Å². The highest BCUT2D eigenvalue weighted by Gasteiger charge is 2.29. The summed E-state index contributed by atoms with van der Waals surface area (Å²) in [6.45, 7) is 3.54. The van der Waals surface area contributed by atoms with Crippen LogP contribution in [0.1, 0.15) is 50.3 Å². The van der Waals surface area contributed by atoms with Gasteiger partial charge in [0.1, 0.15) is 11.6 Å². The van der Waals surface area contributed by atoms with Crippen LogP contribution in [0.5, 0.6) is 11.5 Å². The predicted octanol–water partition coefficient (Wildman–Crippen LogP) is 8.36. The van der Waals surface area contributed by atoms with Crippen LogP contribution in [0.3, 0.4) is 0 Å². The first-order valence-electron chi connectivity index (χ1n) is 14.4. The molecule has 0 spiro atoms. The average Bonchev–Trinajstić information content (AvgIpc) is 3.67. The van der Waals surface area contributed by atoms with Crippen molar-refractivity contribution in [2.75, 3.05) is 13.7 Å². The predicted molar refractivity (Wildman–Crippen MR) is 169 cm³/mol. The van der Waals surface area contributed by atoms with Crippen LogP contribution in [-0.4, -0.2) is 39.6 Å². The van der Waals surface area contributed by atoms with Crippen LogP contribution in [0.4, 0.5) is 8.78 Å². The average molecular weight is 667 g/mol. The maximum Gasteiger partial charge on any atom is 0.311 e. The minimum atomic E-state index is -0.627. The summed E-state index contributed by atoms with van der Waals surface area (Å²) in [4.78, 5) is 15.2. The molecule has 2 aromatic heterocycles. The Labute approximate surface area is 262 Å². The van der Waals surface area contributed by atoms with E-state index >= 15 is 8.78 Å². The molecule has 5 rings (SSSR count). The number of rotatable bonds is 12. The molecule has 2 heterocycles. The van der Waals surface area contributed by atoms with Gasteiger partial charge in [0.05, 0.1) is 24.3 Å². The third-order valence-electron chi connectivity index (χ3n) is 7.84. The molecule has 10 heteroatoms. The van der Waals surface area contributed by atoms with Crippen molar-refractivity contribution in [3.05, 3.63) is 100 Å². The van der Waals surface area contributed by atoms with Crippen LogP contribution in [0, 0.1) is 17.0 Å². The molecular weight excluding hydrogens is 632 g/mol. The van der Waals surface area contributed by atoms with Crippen LogP contribution in [0.2, 0.25) is 0 Å². The first-order chi connectivity index (χ1) is 21.1. The molecule has 0 aliphatic rings. The molecule has 2 N–H and O–H groups in total. The Morgan fingerprint density at radius 2 is 1.93 bits per heavy atom. The van der Waals surface area contributed by atoms with E-state index in [9.17, 15) is 9.90 Å². The Balaban J connectivity index is 1.44. The fourth-order valence-corrected chi connectivity index (χ4v) is 5.93. The first kappa shape index (κ1) is 31.4. The summed E-state index contributed by atoms with van der Waals surface area (Å²) in [7, 11) is 1.39. The summed E-state index contributed by atoms with van der Waals surface area (Å²) in [5.41, 5.74) is 2.09. The number of aliphatic hydroxyl groups excluding tert-OH is 1. The van der Waals surface area contributed by atoms with E-state index < -0.39 is 17.0 Å². The summed E-state index contributed by atoms with van der Waals surface area (Å²) >= 11 is 3.55. The number of benzene rings is 3. The number of hydrogen-bond donors (Lipinski definition) is 2. The number of carbonyl (C=O) groups is 1. The number of esters is 1. The van der Waals surface area contributed by atoms with Gasteiger partial charge in [-0.15, -0.1) is 0 Å². The number of aromatic nitrogens is 3. The summed E-state index contributed by atoms with van der Waals surface area (Å²) in [6, 6.07) is 16.8. The van der Waals surface area contributed by atoms with Gasteiger partial charge in [0.2, 0.25) is 0 Å². The van der Waals surface area contributed by atoms with E-state index in [0.717, 1.165) is 21.8 Å². The number of fused-ring (bicyclic) bond motifs is 1. The van der Waals surface area contributed by atoms with Crippen molar-refractivity contribution in [3.63, 3.8) is 0 Å². The van der Waals surface area contributed by atoms with Crippen LogP contribution in [0.25, 0.3) is 22.2 Å².